The lowest BCUT2D eigenvalue weighted by Crippen LogP contribution is -1.85. The fraction of sp³-hybridized carbons (Fsp3) is 0.111. The molecule has 2 rings (SSSR count). The van der Waals surface area contributed by atoms with Gasteiger partial charge in [0.15, 0.2) is 0 Å². The summed E-state index contributed by atoms with van der Waals surface area (Å²) in [7, 11) is 0. The number of aliphatic hydroxyl groups is 1. The van der Waals surface area contributed by atoms with Gasteiger partial charge >= 0.3 is 0 Å². The van der Waals surface area contributed by atoms with Gasteiger partial charge in [-0.15, -0.1) is 5.10 Å². The Morgan fingerprint density at radius 3 is 2.88 bits per heavy atom. The van der Waals surface area contributed by atoms with Gasteiger partial charge in [0.05, 0.1) is 11.1 Å². The van der Waals surface area contributed by atoms with Gasteiger partial charge in [0.1, 0.15) is 16.6 Å². The quantitative estimate of drug-likeness (QED) is 0.947. The van der Waals surface area contributed by atoms with Gasteiger partial charge in [-0.05, 0) is 34.1 Å². The van der Waals surface area contributed by atoms with E-state index < -0.39 is 0 Å². The molecule has 1 aromatic heterocycles. The Balaban J connectivity index is 2.17. The second-order valence-corrected chi connectivity index (χ2v) is 4.68. The van der Waals surface area contributed by atoms with Crippen LogP contribution in [0.25, 0.3) is 0 Å². The molecule has 0 radical (unpaired) electrons. The summed E-state index contributed by atoms with van der Waals surface area (Å²) >= 11 is 4.18. The van der Waals surface area contributed by atoms with Crippen LogP contribution < -0.4 is 4.74 Å². The Kier molecular flexibility index (Phi) is 3.47. The van der Waals surface area contributed by atoms with Crippen LogP contribution in [0.15, 0.2) is 22.7 Å². The molecule has 0 saturated heterocycles. The minimum atomic E-state index is -0.360. The zero-order chi connectivity index (χ0) is 11.5. The number of rotatable bonds is 3. The summed E-state index contributed by atoms with van der Waals surface area (Å²) in [6.45, 7) is -0.172. The molecule has 16 heavy (non-hydrogen) atoms. The lowest BCUT2D eigenvalue weighted by atomic mass is 10.3. The van der Waals surface area contributed by atoms with Crippen molar-refractivity contribution in [1.29, 1.82) is 0 Å². The number of aliphatic hydroxyl groups excluding tert-OH is 1. The molecule has 0 aliphatic carbocycles. The van der Waals surface area contributed by atoms with E-state index in [4.69, 9.17) is 9.84 Å². The number of ether oxygens (including phenoxy) is 1. The molecule has 7 heteroatoms. The van der Waals surface area contributed by atoms with Crippen LogP contribution in [0.2, 0.25) is 0 Å². The molecule has 0 saturated carbocycles. The largest absolute Gasteiger partial charge is 0.430 e. The number of hydrogen-bond donors (Lipinski definition) is 1. The van der Waals surface area contributed by atoms with E-state index in [2.05, 4.69) is 26.1 Å². The highest BCUT2D eigenvalue weighted by Gasteiger charge is 2.07. The average molecular weight is 305 g/mol. The van der Waals surface area contributed by atoms with Crippen molar-refractivity contribution in [2.24, 2.45) is 0 Å². The summed E-state index contributed by atoms with van der Waals surface area (Å²) in [6.07, 6.45) is 0. The average Bonchev–Trinajstić information content (AvgIpc) is 2.71. The number of aromatic nitrogens is 2. The molecule has 0 atom stereocenters. The molecule has 0 spiro atoms. The predicted molar refractivity (Wildman–Crippen MR) is 60.0 cm³/mol. The molecule has 0 amide bonds. The van der Waals surface area contributed by atoms with Gasteiger partial charge in [0.2, 0.25) is 0 Å². The van der Waals surface area contributed by atoms with Crippen molar-refractivity contribution >= 4 is 27.3 Å². The van der Waals surface area contributed by atoms with Crippen LogP contribution in [-0.2, 0) is 6.61 Å². The number of halogens is 2. The fourth-order valence-electron chi connectivity index (χ4n) is 0.985. The van der Waals surface area contributed by atoms with E-state index in [1.165, 1.54) is 18.2 Å². The molecule has 0 aliphatic heterocycles. The maximum atomic E-state index is 12.9. The number of nitrogens with zero attached hydrogens (tertiary/aromatic N) is 2. The topological polar surface area (TPSA) is 55.2 Å². The third kappa shape index (κ3) is 2.55. The molecule has 0 bridgehead atoms. The Morgan fingerprint density at radius 1 is 1.44 bits per heavy atom. The van der Waals surface area contributed by atoms with E-state index in [0.29, 0.717) is 20.4 Å². The zero-order valence-electron chi connectivity index (χ0n) is 7.85. The minimum absolute atomic E-state index is 0.172. The molecule has 1 aromatic carbocycles. The molecule has 0 fully saturated rings. The number of benzene rings is 1. The molecular formula is C9H6BrFN2O2S. The van der Waals surface area contributed by atoms with E-state index in [9.17, 15) is 4.39 Å². The fourth-order valence-corrected chi connectivity index (χ4v) is 1.91. The van der Waals surface area contributed by atoms with Crippen LogP contribution in [0.3, 0.4) is 0 Å². The van der Waals surface area contributed by atoms with Crippen molar-refractivity contribution in [2.75, 3.05) is 0 Å². The Labute approximate surface area is 103 Å². The van der Waals surface area contributed by atoms with Crippen LogP contribution in [0.1, 0.15) is 5.01 Å². The summed E-state index contributed by atoms with van der Waals surface area (Å²) in [4.78, 5) is 0. The molecule has 1 heterocycles. The highest BCUT2D eigenvalue weighted by molar-refractivity contribution is 9.10. The first-order chi connectivity index (χ1) is 7.69. The summed E-state index contributed by atoms with van der Waals surface area (Å²) in [6, 6.07) is 4.27. The van der Waals surface area contributed by atoms with Gasteiger partial charge in [0.25, 0.3) is 5.19 Å². The molecule has 84 valence electrons. The highest BCUT2D eigenvalue weighted by Crippen LogP contribution is 2.28. The normalized spacial score (nSPS) is 10.4. The first-order valence-corrected chi connectivity index (χ1v) is 5.86. The maximum Gasteiger partial charge on any atom is 0.299 e. The van der Waals surface area contributed by atoms with Gasteiger partial charge in [-0.2, -0.15) is 0 Å². The van der Waals surface area contributed by atoms with Crippen molar-refractivity contribution < 1.29 is 14.2 Å². The molecule has 1 N–H and O–H groups in total. The van der Waals surface area contributed by atoms with Gasteiger partial charge in [-0.3, -0.25) is 0 Å². The van der Waals surface area contributed by atoms with Crippen LogP contribution in [0.5, 0.6) is 10.9 Å². The Hall–Kier alpha value is -1.05. The van der Waals surface area contributed by atoms with Crippen molar-refractivity contribution in [3.05, 3.63) is 33.5 Å². The van der Waals surface area contributed by atoms with Crippen molar-refractivity contribution in [1.82, 2.24) is 10.2 Å². The van der Waals surface area contributed by atoms with Gasteiger partial charge < -0.3 is 9.84 Å². The van der Waals surface area contributed by atoms with Gasteiger partial charge in [-0.1, -0.05) is 16.4 Å². The monoisotopic (exact) mass is 304 g/mol. The first kappa shape index (κ1) is 11.4. The summed E-state index contributed by atoms with van der Waals surface area (Å²) in [5, 5.41) is 17.0. The standard InChI is InChI=1S/C9H6BrFN2O2S/c10-6-3-5(1-2-7(6)11)15-9-13-12-8(4-14)16-9/h1-3,14H,4H2. The zero-order valence-corrected chi connectivity index (χ0v) is 10.3. The third-order valence-corrected chi connectivity index (χ3v) is 3.07. The second kappa shape index (κ2) is 4.86. The van der Waals surface area contributed by atoms with Gasteiger partial charge in [0, 0.05) is 0 Å². The van der Waals surface area contributed by atoms with Crippen molar-refractivity contribution in [3.63, 3.8) is 0 Å². The SMILES string of the molecule is OCc1nnc(Oc2ccc(F)c(Br)c2)s1. The summed E-state index contributed by atoms with van der Waals surface area (Å²) in [5.41, 5.74) is 0. The molecule has 2 aromatic rings. The second-order valence-electron chi connectivity index (χ2n) is 2.80. The van der Waals surface area contributed by atoms with Gasteiger partial charge in [-0.25, -0.2) is 4.39 Å². The minimum Gasteiger partial charge on any atom is -0.430 e. The molecular weight excluding hydrogens is 299 g/mol. The highest BCUT2D eigenvalue weighted by atomic mass is 79.9. The predicted octanol–water partition coefficient (Wildman–Crippen LogP) is 2.72. The summed E-state index contributed by atoms with van der Waals surface area (Å²) < 4.78 is 18.6. The van der Waals surface area contributed by atoms with E-state index >= 15 is 0 Å². The van der Waals surface area contributed by atoms with Crippen LogP contribution in [0.4, 0.5) is 4.39 Å². The van der Waals surface area contributed by atoms with E-state index in [0.717, 1.165) is 11.3 Å². The van der Waals surface area contributed by atoms with E-state index in [-0.39, 0.29) is 12.4 Å². The van der Waals surface area contributed by atoms with Crippen LogP contribution in [-0.4, -0.2) is 15.3 Å². The summed E-state index contributed by atoms with van der Waals surface area (Å²) in [5.74, 6) is 0.0922. The lowest BCUT2D eigenvalue weighted by Gasteiger charge is -2.01. The Morgan fingerprint density at radius 2 is 2.25 bits per heavy atom. The maximum absolute atomic E-state index is 12.9. The van der Waals surface area contributed by atoms with Crippen LogP contribution >= 0.6 is 27.3 Å². The molecule has 0 aliphatic rings. The third-order valence-electron chi connectivity index (χ3n) is 1.68. The number of hydrogen-bond acceptors (Lipinski definition) is 5. The van der Waals surface area contributed by atoms with Crippen molar-refractivity contribution in [3.8, 4) is 10.9 Å². The van der Waals surface area contributed by atoms with E-state index in [1.54, 1.807) is 0 Å². The Bertz CT molecular complexity index is 506. The lowest BCUT2D eigenvalue weighted by molar-refractivity contribution is 0.280. The molecule has 0 unspecified atom stereocenters. The first-order valence-electron chi connectivity index (χ1n) is 4.25. The van der Waals surface area contributed by atoms with E-state index in [1.807, 2.05) is 0 Å². The van der Waals surface area contributed by atoms with Crippen molar-refractivity contribution in [2.45, 2.75) is 6.61 Å². The smallest absolute Gasteiger partial charge is 0.299 e. The molecule has 4 nitrogen and oxygen atoms in total. The van der Waals surface area contributed by atoms with Crippen LogP contribution in [0, 0.1) is 5.82 Å².